The Balaban J connectivity index is 2.17. The maximum atomic E-state index is 11.7. The predicted molar refractivity (Wildman–Crippen MR) is 64.1 cm³/mol. The molecule has 5 heteroatoms. The Labute approximate surface area is 97.8 Å². The predicted octanol–water partition coefficient (Wildman–Crippen LogP) is 1.65. The number of hydrogen-bond donors (Lipinski definition) is 2. The Morgan fingerprint density at radius 1 is 1.47 bits per heavy atom. The second-order valence-electron chi connectivity index (χ2n) is 3.83. The van der Waals surface area contributed by atoms with Crippen LogP contribution in [0.3, 0.4) is 0 Å². The fourth-order valence-corrected chi connectivity index (χ4v) is 1.57. The Morgan fingerprint density at radius 2 is 2.29 bits per heavy atom. The molecule has 2 rings (SSSR count). The summed E-state index contributed by atoms with van der Waals surface area (Å²) in [7, 11) is 0. The molecule has 1 aromatic carbocycles. The van der Waals surface area contributed by atoms with E-state index in [0.29, 0.717) is 23.2 Å². The second-order valence-corrected chi connectivity index (χ2v) is 3.83. The van der Waals surface area contributed by atoms with Gasteiger partial charge in [0.25, 0.3) is 5.91 Å². The van der Waals surface area contributed by atoms with Crippen molar-refractivity contribution in [3.63, 3.8) is 0 Å². The third-order valence-electron chi connectivity index (χ3n) is 2.50. The molecule has 0 fully saturated rings. The zero-order valence-electron chi connectivity index (χ0n) is 9.58. The highest BCUT2D eigenvalue weighted by Crippen LogP contribution is 2.12. The summed E-state index contributed by atoms with van der Waals surface area (Å²) in [4.78, 5) is 25.2. The number of H-pyrrole nitrogens is 1. The van der Waals surface area contributed by atoms with Gasteiger partial charge in [-0.15, -0.1) is 0 Å². The molecular weight excluding hydrogens is 220 g/mol. The number of carbonyl (C=O) groups is 1. The van der Waals surface area contributed by atoms with E-state index in [1.54, 1.807) is 18.2 Å². The molecule has 1 aromatic heterocycles. The van der Waals surface area contributed by atoms with Crippen LogP contribution in [0, 0.1) is 0 Å². The van der Waals surface area contributed by atoms with Crippen LogP contribution in [0.25, 0.3) is 11.1 Å². The maximum Gasteiger partial charge on any atom is 0.417 e. The van der Waals surface area contributed by atoms with E-state index in [2.05, 4.69) is 17.2 Å². The molecule has 0 aliphatic heterocycles. The number of unbranched alkanes of at least 4 members (excludes halogenated alkanes) is 1. The first-order chi connectivity index (χ1) is 8.20. The molecule has 0 aliphatic rings. The molecule has 2 N–H and O–H groups in total. The average molecular weight is 234 g/mol. The molecule has 0 saturated carbocycles. The zero-order chi connectivity index (χ0) is 12.3. The highest BCUT2D eigenvalue weighted by molar-refractivity contribution is 5.96. The van der Waals surface area contributed by atoms with Crippen molar-refractivity contribution < 1.29 is 9.21 Å². The molecule has 1 amide bonds. The van der Waals surface area contributed by atoms with Crippen molar-refractivity contribution in [1.29, 1.82) is 0 Å². The second kappa shape index (κ2) is 4.86. The third kappa shape index (κ3) is 2.55. The average Bonchev–Trinajstić information content (AvgIpc) is 2.68. The van der Waals surface area contributed by atoms with Gasteiger partial charge in [-0.05, 0) is 24.6 Å². The molecule has 0 saturated heterocycles. The number of rotatable bonds is 4. The van der Waals surface area contributed by atoms with Crippen molar-refractivity contribution in [3.05, 3.63) is 34.3 Å². The Bertz CT molecular complexity index is 583. The molecule has 2 aromatic rings. The van der Waals surface area contributed by atoms with Gasteiger partial charge in [0.2, 0.25) is 0 Å². The highest BCUT2D eigenvalue weighted by atomic mass is 16.4. The number of aromatic nitrogens is 1. The molecule has 0 bridgehead atoms. The monoisotopic (exact) mass is 234 g/mol. The van der Waals surface area contributed by atoms with Crippen LogP contribution in [0.5, 0.6) is 0 Å². The van der Waals surface area contributed by atoms with E-state index in [1.807, 2.05) is 0 Å². The Hall–Kier alpha value is -2.04. The molecule has 0 radical (unpaired) electrons. The van der Waals surface area contributed by atoms with Crippen molar-refractivity contribution in [1.82, 2.24) is 10.3 Å². The van der Waals surface area contributed by atoms with Crippen LogP contribution in [0.2, 0.25) is 0 Å². The number of fused-ring (bicyclic) bond motifs is 1. The van der Waals surface area contributed by atoms with Crippen molar-refractivity contribution in [3.8, 4) is 0 Å². The van der Waals surface area contributed by atoms with E-state index in [-0.39, 0.29) is 5.91 Å². The lowest BCUT2D eigenvalue weighted by Crippen LogP contribution is -2.24. The van der Waals surface area contributed by atoms with Gasteiger partial charge < -0.3 is 9.73 Å². The van der Waals surface area contributed by atoms with Crippen molar-refractivity contribution in [2.45, 2.75) is 19.8 Å². The van der Waals surface area contributed by atoms with Crippen LogP contribution in [0.15, 0.2) is 27.4 Å². The summed E-state index contributed by atoms with van der Waals surface area (Å²) >= 11 is 0. The number of amides is 1. The number of carbonyl (C=O) groups excluding carboxylic acids is 1. The maximum absolute atomic E-state index is 11.7. The number of hydrogen-bond acceptors (Lipinski definition) is 3. The van der Waals surface area contributed by atoms with Crippen molar-refractivity contribution in [2.75, 3.05) is 6.54 Å². The summed E-state index contributed by atoms with van der Waals surface area (Å²) in [5.41, 5.74) is 1.50. The lowest BCUT2D eigenvalue weighted by Gasteiger charge is -2.03. The minimum atomic E-state index is -0.511. The fraction of sp³-hybridized carbons (Fsp3) is 0.333. The van der Waals surface area contributed by atoms with Gasteiger partial charge in [-0.3, -0.25) is 9.78 Å². The summed E-state index contributed by atoms with van der Waals surface area (Å²) in [6.07, 6.45) is 1.99. The third-order valence-corrected chi connectivity index (χ3v) is 2.50. The highest BCUT2D eigenvalue weighted by Gasteiger charge is 2.08. The van der Waals surface area contributed by atoms with Crippen LogP contribution in [0.4, 0.5) is 0 Å². The Kier molecular flexibility index (Phi) is 3.27. The number of oxazole rings is 1. The molecule has 0 spiro atoms. The summed E-state index contributed by atoms with van der Waals surface area (Å²) < 4.78 is 4.89. The molecule has 90 valence electrons. The van der Waals surface area contributed by atoms with Gasteiger partial charge in [-0.1, -0.05) is 13.3 Å². The molecule has 17 heavy (non-hydrogen) atoms. The summed E-state index contributed by atoms with van der Waals surface area (Å²) in [6, 6.07) is 4.89. The number of benzene rings is 1. The van der Waals surface area contributed by atoms with Gasteiger partial charge in [-0.2, -0.15) is 0 Å². The summed E-state index contributed by atoms with van der Waals surface area (Å²) in [6.45, 7) is 2.72. The zero-order valence-corrected chi connectivity index (χ0v) is 9.58. The minimum absolute atomic E-state index is 0.149. The van der Waals surface area contributed by atoms with Gasteiger partial charge in [0.1, 0.15) is 0 Å². The van der Waals surface area contributed by atoms with Crippen molar-refractivity contribution in [2.24, 2.45) is 0 Å². The number of nitrogens with one attached hydrogen (secondary N) is 2. The van der Waals surface area contributed by atoms with Gasteiger partial charge in [0.15, 0.2) is 5.58 Å². The first kappa shape index (κ1) is 11.4. The first-order valence-corrected chi connectivity index (χ1v) is 5.62. The molecule has 0 aliphatic carbocycles. The van der Waals surface area contributed by atoms with E-state index in [1.165, 1.54) is 0 Å². The largest absolute Gasteiger partial charge is 0.417 e. The summed E-state index contributed by atoms with van der Waals surface area (Å²) in [5.74, 6) is -0.659. The van der Waals surface area contributed by atoms with E-state index < -0.39 is 5.76 Å². The topological polar surface area (TPSA) is 75.1 Å². The lowest BCUT2D eigenvalue weighted by atomic mass is 10.2. The SMILES string of the molecule is CCCCNC(=O)c1ccc2[nH]c(=O)oc2c1. The molecular formula is C12H14N2O3. The lowest BCUT2D eigenvalue weighted by molar-refractivity contribution is 0.0953. The van der Waals surface area contributed by atoms with E-state index >= 15 is 0 Å². The van der Waals surface area contributed by atoms with Gasteiger partial charge in [0, 0.05) is 12.1 Å². The molecule has 1 heterocycles. The Morgan fingerprint density at radius 3 is 3.06 bits per heavy atom. The van der Waals surface area contributed by atoms with Gasteiger partial charge in [0.05, 0.1) is 5.52 Å². The van der Waals surface area contributed by atoms with E-state index in [9.17, 15) is 9.59 Å². The standard InChI is InChI=1S/C12H14N2O3/c1-2-3-6-13-11(15)8-4-5-9-10(7-8)17-12(16)14-9/h4-5,7H,2-3,6H2,1H3,(H,13,15)(H,14,16). The quantitative estimate of drug-likeness (QED) is 0.790. The van der Waals surface area contributed by atoms with Crippen LogP contribution < -0.4 is 11.1 Å². The van der Waals surface area contributed by atoms with Crippen molar-refractivity contribution >= 4 is 17.0 Å². The van der Waals surface area contributed by atoms with Crippen LogP contribution in [-0.2, 0) is 0 Å². The van der Waals surface area contributed by atoms with Gasteiger partial charge >= 0.3 is 5.76 Å². The molecule has 0 atom stereocenters. The van der Waals surface area contributed by atoms with Crippen LogP contribution in [-0.4, -0.2) is 17.4 Å². The minimum Gasteiger partial charge on any atom is -0.408 e. The van der Waals surface area contributed by atoms with Crippen LogP contribution >= 0.6 is 0 Å². The van der Waals surface area contributed by atoms with E-state index in [4.69, 9.17) is 4.42 Å². The molecule has 0 unspecified atom stereocenters. The molecule has 5 nitrogen and oxygen atoms in total. The number of aromatic amines is 1. The first-order valence-electron chi connectivity index (χ1n) is 5.62. The van der Waals surface area contributed by atoms with Crippen LogP contribution in [0.1, 0.15) is 30.1 Å². The summed E-state index contributed by atoms with van der Waals surface area (Å²) in [5, 5.41) is 2.80. The van der Waals surface area contributed by atoms with Gasteiger partial charge in [-0.25, -0.2) is 4.79 Å². The normalized spacial score (nSPS) is 10.6. The fourth-order valence-electron chi connectivity index (χ4n) is 1.57. The van der Waals surface area contributed by atoms with E-state index in [0.717, 1.165) is 12.8 Å². The smallest absolute Gasteiger partial charge is 0.408 e.